The van der Waals surface area contributed by atoms with Gasteiger partial charge in [0.1, 0.15) is 0 Å². The van der Waals surface area contributed by atoms with Crippen LogP contribution in [0.1, 0.15) is 20.7 Å². The Kier molecular flexibility index (Phi) is 5.15. The SMILES string of the molecule is COC(=O)c1ccccc1N(C)C(=O)c1ccc([N+](=O)[O-])cc1Cl. The number of carbonyl (C=O) groups excluding carboxylic acids is 2. The quantitative estimate of drug-likeness (QED) is 0.480. The summed E-state index contributed by atoms with van der Waals surface area (Å²) in [5, 5.41) is 10.7. The van der Waals surface area contributed by atoms with Gasteiger partial charge < -0.3 is 9.64 Å². The second-order valence-corrected chi connectivity index (χ2v) is 5.20. The van der Waals surface area contributed by atoms with E-state index in [2.05, 4.69) is 0 Å². The first-order valence-corrected chi connectivity index (χ1v) is 7.14. The summed E-state index contributed by atoms with van der Waals surface area (Å²) in [4.78, 5) is 35.8. The van der Waals surface area contributed by atoms with Crippen LogP contribution in [-0.2, 0) is 4.74 Å². The molecule has 124 valence electrons. The molecule has 2 rings (SSSR count). The first-order chi connectivity index (χ1) is 11.4. The number of rotatable bonds is 4. The zero-order chi connectivity index (χ0) is 17.9. The molecule has 24 heavy (non-hydrogen) atoms. The first kappa shape index (κ1) is 17.4. The predicted octanol–water partition coefficient (Wildman–Crippen LogP) is 3.31. The maximum absolute atomic E-state index is 12.6. The highest BCUT2D eigenvalue weighted by Gasteiger charge is 2.22. The Morgan fingerprint density at radius 3 is 2.42 bits per heavy atom. The lowest BCUT2D eigenvalue weighted by molar-refractivity contribution is -0.384. The van der Waals surface area contributed by atoms with E-state index in [1.54, 1.807) is 18.2 Å². The van der Waals surface area contributed by atoms with E-state index in [0.717, 1.165) is 6.07 Å². The molecule has 0 aliphatic carbocycles. The third kappa shape index (κ3) is 3.36. The van der Waals surface area contributed by atoms with E-state index < -0.39 is 16.8 Å². The van der Waals surface area contributed by atoms with E-state index in [1.807, 2.05) is 0 Å². The van der Waals surface area contributed by atoms with Crippen LogP contribution >= 0.6 is 11.6 Å². The normalized spacial score (nSPS) is 10.1. The number of amides is 1. The third-order valence-electron chi connectivity index (χ3n) is 3.37. The number of nitro benzene ring substituents is 1. The minimum Gasteiger partial charge on any atom is -0.465 e. The highest BCUT2D eigenvalue weighted by Crippen LogP contribution is 2.27. The van der Waals surface area contributed by atoms with E-state index >= 15 is 0 Å². The van der Waals surface area contributed by atoms with Crippen LogP contribution < -0.4 is 4.90 Å². The van der Waals surface area contributed by atoms with Gasteiger partial charge in [0, 0.05) is 19.2 Å². The minimum absolute atomic E-state index is 0.0448. The van der Waals surface area contributed by atoms with Crippen LogP contribution in [0, 0.1) is 10.1 Å². The molecule has 0 N–H and O–H groups in total. The van der Waals surface area contributed by atoms with Gasteiger partial charge in [-0.1, -0.05) is 23.7 Å². The van der Waals surface area contributed by atoms with Crippen molar-refractivity contribution in [1.29, 1.82) is 0 Å². The molecule has 0 unspecified atom stereocenters. The van der Waals surface area contributed by atoms with Crippen LogP contribution in [0.3, 0.4) is 0 Å². The Bertz CT molecular complexity index is 822. The Balaban J connectivity index is 2.41. The number of methoxy groups -OCH3 is 1. The Morgan fingerprint density at radius 1 is 1.17 bits per heavy atom. The first-order valence-electron chi connectivity index (χ1n) is 6.76. The Labute approximate surface area is 142 Å². The number of esters is 1. The molecule has 0 spiro atoms. The number of benzene rings is 2. The number of halogens is 1. The lowest BCUT2D eigenvalue weighted by atomic mass is 10.1. The summed E-state index contributed by atoms with van der Waals surface area (Å²) in [6.07, 6.45) is 0. The molecule has 0 heterocycles. The van der Waals surface area contributed by atoms with Crippen LogP contribution in [0.15, 0.2) is 42.5 Å². The lowest BCUT2D eigenvalue weighted by Crippen LogP contribution is -2.28. The highest BCUT2D eigenvalue weighted by atomic mass is 35.5. The maximum Gasteiger partial charge on any atom is 0.339 e. The molecule has 0 aliphatic rings. The number of ether oxygens (including phenoxy) is 1. The standard InChI is InChI=1S/C16H13ClN2O5/c1-18(14-6-4-3-5-12(14)16(21)24-2)15(20)11-8-7-10(19(22)23)9-13(11)17/h3-9H,1-2H3. The number of carbonyl (C=O) groups is 2. The van der Waals surface area contributed by atoms with Gasteiger partial charge in [-0.05, 0) is 18.2 Å². The molecule has 0 saturated heterocycles. The smallest absolute Gasteiger partial charge is 0.339 e. The van der Waals surface area contributed by atoms with Crippen molar-refractivity contribution in [2.75, 3.05) is 19.1 Å². The molecule has 2 aromatic rings. The van der Waals surface area contributed by atoms with Gasteiger partial charge in [-0.3, -0.25) is 14.9 Å². The summed E-state index contributed by atoms with van der Waals surface area (Å²) in [5.41, 5.74) is 0.427. The van der Waals surface area contributed by atoms with Crippen LogP contribution in [0.5, 0.6) is 0 Å². The molecule has 0 atom stereocenters. The summed E-state index contributed by atoms with van der Waals surface area (Å²) >= 11 is 5.99. The van der Waals surface area contributed by atoms with Crippen LogP contribution in [-0.4, -0.2) is 31.0 Å². The minimum atomic E-state index is -0.601. The van der Waals surface area contributed by atoms with Crippen molar-refractivity contribution in [2.24, 2.45) is 0 Å². The molecule has 0 fully saturated rings. The van der Waals surface area contributed by atoms with Gasteiger partial charge in [-0.2, -0.15) is 0 Å². The number of hydrogen-bond donors (Lipinski definition) is 0. The van der Waals surface area contributed by atoms with Crippen LogP contribution in [0.2, 0.25) is 5.02 Å². The zero-order valence-corrected chi connectivity index (χ0v) is 13.6. The summed E-state index contributed by atoms with van der Waals surface area (Å²) in [7, 11) is 2.72. The number of anilines is 1. The number of nitro groups is 1. The van der Waals surface area contributed by atoms with E-state index in [-0.39, 0.29) is 21.8 Å². The summed E-state index contributed by atoms with van der Waals surface area (Å²) in [5.74, 6) is -1.09. The van der Waals surface area contributed by atoms with E-state index in [4.69, 9.17) is 16.3 Å². The van der Waals surface area contributed by atoms with Crippen molar-refractivity contribution in [3.8, 4) is 0 Å². The average molecular weight is 349 g/mol. The molecule has 0 aliphatic heterocycles. The van der Waals surface area contributed by atoms with E-state index in [9.17, 15) is 19.7 Å². The Hall–Kier alpha value is -2.93. The van der Waals surface area contributed by atoms with Gasteiger partial charge in [0.05, 0.1) is 33.9 Å². The van der Waals surface area contributed by atoms with Crippen molar-refractivity contribution in [3.05, 3.63) is 68.7 Å². The average Bonchev–Trinajstić information content (AvgIpc) is 2.59. The van der Waals surface area contributed by atoms with Crippen molar-refractivity contribution >= 4 is 34.9 Å². The second kappa shape index (κ2) is 7.10. The predicted molar refractivity (Wildman–Crippen MR) is 88.6 cm³/mol. The molecular weight excluding hydrogens is 336 g/mol. The topological polar surface area (TPSA) is 89.8 Å². The van der Waals surface area contributed by atoms with Gasteiger partial charge in [-0.15, -0.1) is 0 Å². The van der Waals surface area contributed by atoms with E-state index in [0.29, 0.717) is 5.69 Å². The maximum atomic E-state index is 12.6. The molecule has 1 amide bonds. The molecule has 0 saturated carbocycles. The van der Waals surface area contributed by atoms with E-state index in [1.165, 1.54) is 37.3 Å². The summed E-state index contributed by atoms with van der Waals surface area (Å²) in [6, 6.07) is 10.0. The largest absolute Gasteiger partial charge is 0.465 e. The fourth-order valence-corrected chi connectivity index (χ4v) is 2.39. The fraction of sp³-hybridized carbons (Fsp3) is 0.125. The molecule has 0 bridgehead atoms. The third-order valence-corrected chi connectivity index (χ3v) is 3.68. The van der Waals surface area contributed by atoms with Crippen molar-refractivity contribution in [2.45, 2.75) is 0 Å². The number of nitrogens with zero attached hydrogens (tertiary/aromatic N) is 2. The van der Waals surface area contributed by atoms with Gasteiger partial charge in [0.2, 0.25) is 0 Å². The lowest BCUT2D eigenvalue weighted by Gasteiger charge is -2.20. The molecule has 2 aromatic carbocycles. The Morgan fingerprint density at radius 2 is 1.83 bits per heavy atom. The monoisotopic (exact) mass is 348 g/mol. The van der Waals surface area contributed by atoms with Crippen molar-refractivity contribution in [3.63, 3.8) is 0 Å². The fourth-order valence-electron chi connectivity index (χ4n) is 2.13. The molecule has 7 nitrogen and oxygen atoms in total. The van der Waals surface area contributed by atoms with Crippen LogP contribution in [0.4, 0.5) is 11.4 Å². The van der Waals surface area contributed by atoms with Crippen molar-refractivity contribution in [1.82, 2.24) is 0 Å². The number of non-ortho nitro benzene ring substituents is 1. The molecule has 0 aromatic heterocycles. The summed E-state index contributed by atoms with van der Waals surface area (Å²) < 4.78 is 4.70. The highest BCUT2D eigenvalue weighted by molar-refractivity contribution is 6.34. The van der Waals surface area contributed by atoms with Gasteiger partial charge >= 0.3 is 5.97 Å². The van der Waals surface area contributed by atoms with Gasteiger partial charge in [-0.25, -0.2) is 4.79 Å². The number of hydrogen-bond acceptors (Lipinski definition) is 5. The molecular formula is C16H13ClN2O5. The second-order valence-electron chi connectivity index (χ2n) is 4.79. The van der Waals surface area contributed by atoms with Gasteiger partial charge in [0.15, 0.2) is 0 Å². The zero-order valence-electron chi connectivity index (χ0n) is 12.9. The van der Waals surface area contributed by atoms with Crippen LogP contribution in [0.25, 0.3) is 0 Å². The van der Waals surface area contributed by atoms with Gasteiger partial charge in [0.25, 0.3) is 11.6 Å². The van der Waals surface area contributed by atoms with Crippen molar-refractivity contribution < 1.29 is 19.2 Å². The molecule has 8 heteroatoms. The number of para-hydroxylation sites is 1. The summed E-state index contributed by atoms with van der Waals surface area (Å²) in [6.45, 7) is 0. The molecule has 0 radical (unpaired) electrons.